The Morgan fingerprint density at radius 3 is 1.67 bits per heavy atom. The number of fused-ring (bicyclic) bond motifs is 3. The number of rotatable bonds is 10. The molecule has 4 aliphatic carbocycles. The van der Waals surface area contributed by atoms with Gasteiger partial charge in [0.15, 0.2) is 18.9 Å². The molecule has 12 N–H and O–H groups in total. The lowest BCUT2D eigenvalue weighted by atomic mass is 9.41. The summed E-state index contributed by atoms with van der Waals surface area (Å²) in [5, 5.41) is 129. The van der Waals surface area contributed by atoms with E-state index in [4.69, 9.17) is 28.4 Å². The van der Waals surface area contributed by atoms with E-state index in [1.54, 1.807) is 6.92 Å². The summed E-state index contributed by atoms with van der Waals surface area (Å²) in [6.45, 7) is 3.30. The van der Waals surface area contributed by atoms with Crippen LogP contribution in [-0.2, 0) is 33.2 Å². The Kier molecular flexibility index (Phi) is 12.0. The Labute approximate surface area is 330 Å². The summed E-state index contributed by atoms with van der Waals surface area (Å²) in [6, 6.07) is 0. The van der Waals surface area contributed by atoms with Crippen LogP contribution in [0, 0.1) is 28.1 Å². The summed E-state index contributed by atoms with van der Waals surface area (Å²) in [5.41, 5.74) is -4.54. The molecule has 19 nitrogen and oxygen atoms in total. The molecule has 0 amide bonds. The number of hydrogen-bond acceptors (Lipinski definition) is 18. The van der Waals surface area contributed by atoms with Crippen molar-refractivity contribution >= 4 is 5.97 Å². The highest BCUT2D eigenvalue weighted by Crippen LogP contribution is 2.74. The molecular weight excluding hydrogens is 760 g/mol. The first-order chi connectivity index (χ1) is 26.7. The second kappa shape index (κ2) is 15.6. The average molecular weight is 823 g/mol. The molecule has 7 rings (SSSR count). The molecule has 1 spiro atoms. The van der Waals surface area contributed by atoms with Gasteiger partial charge in [-0.2, -0.15) is 0 Å². The van der Waals surface area contributed by atoms with E-state index in [1.165, 1.54) is 0 Å². The Morgan fingerprint density at radius 2 is 1.12 bits per heavy atom. The fraction of sp³-hybridized carbons (Fsp3) is 0.974. The van der Waals surface area contributed by atoms with E-state index in [0.29, 0.717) is 38.5 Å². The van der Waals surface area contributed by atoms with Crippen LogP contribution in [0.1, 0.15) is 78.6 Å². The maximum absolute atomic E-state index is 12.7. The number of carbonyl (C=O) groups is 1. The standard InChI is InChI=1S/C38H62O19/c1-34-7-4-8-35(2,33(49)50)19(34)5-9-37-14-36(3,51)38(15-37,10-6-20(34)37)57-32-29(56-31-27(48)25(46)22(43)17(12-40)53-31)28(23(44)18(13-41)54-32)55-30-26(47)24(45)21(42)16(11-39)52-30/h16-32,39-48,51H,4-15H2,1-3H3,(H,49,50)/t16-,17-,18-,19-,20-,21-,22-,23-,24+,25+,26-,27-,28+,29-,30+,31+,32+,34+,35?,36+,37+,38+/m1/s1. The first-order valence-corrected chi connectivity index (χ1v) is 20.2. The van der Waals surface area contributed by atoms with Crippen LogP contribution in [0.4, 0.5) is 0 Å². The molecule has 0 aromatic carbocycles. The number of aliphatic hydroxyl groups is 11. The SMILES string of the molecule is CC1(C(=O)O)CCC[C@@]2(C)[C@H]1CC[C@]13C[C@@](O[C@@H]4O[C@H](CO)[C@@H](O)[C@H](O[C@@H]5O[C@H](CO)[C@@H](O)[C@H](O)[C@H]5O)[C@H]4O[C@@H]4O[C@H](CO)[C@@H](O)[C@H](O)[C@H]4O)(CC[C@@H]12)[C@@](C)(O)C3. The van der Waals surface area contributed by atoms with Crippen LogP contribution < -0.4 is 0 Å². The van der Waals surface area contributed by atoms with Crippen molar-refractivity contribution in [2.24, 2.45) is 28.1 Å². The van der Waals surface area contributed by atoms with Gasteiger partial charge >= 0.3 is 5.97 Å². The number of aliphatic carboxylic acids is 1. The summed E-state index contributed by atoms with van der Waals surface area (Å²) < 4.78 is 36.5. The second-order valence-corrected chi connectivity index (χ2v) is 18.7. The molecule has 2 bridgehead atoms. The molecular formula is C38H62O19. The van der Waals surface area contributed by atoms with E-state index in [2.05, 4.69) is 6.92 Å². The van der Waals surface area contributed by atoms with Gasteiger partial charge in [0.25, 0.3) is 0 Å². The van der Waals surface area contributed by atoms with Gasteiger partial charge in [0.05, 0.1) is 30.8 Å². The summed E-state index contributed by atoms with van der Waals surface area (Å²) >= 11 is 0. The first kappa shape index (κ1) is 43.9. The van der Waals surface area contributed by atoms with Gasteiger partial charge in [-0.25, -0.2) is 0 Å². The lowest BCUT2D eigenvalue weighted by Gasteiger charge is -2.64. The third kappa shape index (κ3) is 6.90. The predicted octanol–water partition coefficient (Wildman–Crippen LogP) is -3.18. The van der Waals surface area contributed by atoms with Gasteiger partial charge in [0.2, 0.25) is 0 Å². The van der Waals surface area contributed by atoms with Crippen molar-refractivity contribution in [3.63, 3.8) is 0 Å². The fourth-order valence-corrected chi connectivity index (χ4v) is 12.6. The molecule has 0 radical (unpaired) electrons. The number of hydrogen-bond donors (Lipinski definition) is 12. The lowest BCUT2D eigenvalue weighted by Crippen LogP contribution is -2.68. The van der Waals surface area contributed by atoms with Crippen LogP contribution in [0.2, 0.25) is 0 Å². The van der Waals surface area contributed by atoms with Crippen molar-refractivity contribution < 1.29 is 94.5 Å². The smallest absolute Gasteiger partial charge is 0.309 e. The number of ether oxygens (including phenoxy) is 6. The maximum Gasteiger partial charge on any atom is 0.309 e. The van der Waals surface area contributed by atoms with Crippen molar-refractivity contribution in [2.75, 3.05) is 19.8 Å². The quantitative estimate of drug-likeness (QED) is 0.0967. The van der Waals surface area contributed by atoms with Crippen LogP contribution >= 0.6 is 0 Å². The Balaban J connectivity index is 1.23. The largest absolute Gasteiger partial charge is 0.481 e. The van der Waals surface area contributed by atoms with E-state index < -0.39 is 140 Å². The summed E-state index contributed by atoms with van der Waals surface area (Å²) in [5.74, 6) is -0.825. The van der Waals surface area contributed by atoms with E-state index >= 15 is 0 Å². The fourth-order valence-electron chi connectivity index (χ4n) is 12.6. The number of carboxylic acid groups (broad SMARTS) is 1. The zero-order valence-corrected chi connectivity index (χ0v) is 32.5. The van der Waals surface area contributed by atoms with E-state index in [1.807, 2.05) is 6.92 Å². The summed E-state index contributed by atoms with van der Waals surface area (Å²) in [4.78, 5) is 12.7. The minimum atomic E-state index is -1.95. The third-order valence-corrected chi connectivity index (χ3v) is 15.5. The van der Waals surface area contributed by atoms with Gasteiger partial charge in [-0.3, -0.25) is 4.79 Å². The molecule has 7 aliphatic rings. The maximum atomic E-state index is 12.7. The molecule has 1 unspecified atom stereocenters. The molecule has 3 heterocycles. The van der Waals surface area contributed by atoms with Crippen LogP contribution in [0.5, 0.6) is 0 Å². The van der Waals surface area contributed by atoms with Crippen molar-refractivity contribution in [3.05, 3.63) is 0 Å². The van der Waals surface area contributed by atoms with Gasteiger partial charge in [-0.05, 0) is 87.9 Å². The van der Waals surface area contributed by atoms with E-state index in [-0.39, 0.29) is 23.7 Å². The third-order valence-electron chi connectivity index (χ3n) is 15.5. The molecule has 3 aliphatic heterocycles. The molecule has 0 aromatic heterocycles. The first-order valence-electron chi connectivity index (χ1n) is 20.2. The van der Waals surface area contributed by atoms with Crippen molar-refractivity contribution in [3.8, 4) is 0 Å². The molecule has 7 fully saturated rings. The Bertz CT molecular complexity index is 1450. The zero-order chi connectivity index (χ0) is 41.6. The molecule has 0 aromatic rings. The molecule has 19 heteroatoms. The van der Waals surface area contributed by atoms with Crippen LogP contribution in [0.15, 0.2) is 0 Å². The summed E-state index contributed by atoms with van der Waals surface area (Å²) in [6.07, 6.45) is -21.1. The van der Waals surface area contributed by atoms with Gasteiger partial charge < -0.3 is 89.7 Å². The van der Waals surface area contributed by atoms with Gasteiger partial charge in [-0.1, -0.05) is 13.3 Å². The highest BCUT2D eigenvalue weighted by atomic mass is 16.8. The number of carboxylic acids is 1. The number of aliphatic hydroxyl groups excluding tert-OH is 10. The molecule has 22 atom stereocenters. The van der Waals surface area contributed by atoms with E-state index in [0.717, 1.165) is 12.8 Å². The normalized spacial score (nSPS) is 56.5. The minimum Gasteiger partial charge on any atom is -0.481 e. The van der Waals surface area contributed by atoms with Crippen LogP contribution in [0.25, 0.3) is 0 Å². The second-order valence-electron chi connectivity index (χ2n) is 18.7. The van der Waals surface area contributed by atoms with Gasteiger partial charge in [0.1, 0.15) is 78.8 Å². The van der Waals surface area contributed by atoms with Gasteiger partial charge in [-0.15, -0.1) is 0 Å². The van der Waals surface area contributed by atoms with Crippen LogP contribution in [0.3, 0.4) is 0 Å². The minimum absolute atomic E-state index is 0.0520. The molecule has 57 heavy (non-hydrogen) atoms. The Hall–Kier alpha value is -1.21. The summed E-state index contributed by atoms with van der Waals surface area (Å²) in [7, 11) is 0. The van der Waals surface area contributed by atoms with Crippen molar-refractivity contribution in [2.45, 2.75) is 182 Å². The van der Waals surface area contributed by atoms with E-state index in [9.17, 15) is 66.1 Å². The van der Waals surface area contributed by atoms with Crippen molar-refractivity contribution in [1.82, 2.24) is 0 Å². The highest BCUT2D eigenvalue weighted by molar-refractivity contribution is 5.75. The monoisotopic (exact) mass is 822 g/mol. The van der Waals surface area contributed by atoms with Crippen molar-refractivity contribution in [1.29, 1.82) is 0 Å². The highest BCUT2D eigenvalue weighted by Gasteiger charge is 2.73. The topological polar surface area (TPSA) is 315 Å². The van der Waals surface area contributed by atoms with Gasteiger partial charge in [0, 0.05) is 0 Å². The lowest BCUT2D eigenvalue weighted by molar-refractivity contribution is -0.406. The molecule has 4 saturated carbocycles. The molecule has 3 saturated heterocycles. The molecule has 328 valence electrons. The average Bonchev–Trinajstić information content (AvgIpc) is 3.32. The Morgan fingerprint density at radius 1 is 0.614 bits per heavy atom. The predicted molar refractivity (Wildman–Crippen MR) is 188 cm³/mol. The van der Waals surface area contributed by atoms with Crippen LogP contribution in [-0.4, -0.2) is 190 Å². The zero-order valence-electron chi connectivity index (χ0n) is 32.5.